The lowest BCUT2D eigenvalue weighted by Gasteiger charge is -2.10. The van der Waals surface area contributed by atoms with Crippen LogP contribution in [-0.2, 0) is 12.8 Å². The second kappa shape index (κ2) is 6.25. The van der Waals surface area contributed by atoms with Gasteiger partial charge in [-0.3, -0.25) is 10.1 Å². The van der Waals surface area contributed by atoms with Gasteiger partial charge in [0.15, 0.2) is 5.82 Å². The summed E-state index contributed by atoms with van der Waals surface area (Å²) >= 11 is 0. The Morgan fingerprint density at radius 3 is 2.92 bits per heavy atom. The fourth-order valence-electron chi connectivity index (χ4n) is 3.43. The molecule has 0 unspecified atom stereocenters. The second-order valence-corrected chi connectivity index (χ2v) is 6.39. The van der Waals surface area contributed by atoms with E-state index < -0.39 is 10.7 Å². The fraction of sp³-hybridized carbons (Fsp3) is 0.263. The Bertz CT molecular complexity index is 1050. The molecule has 7 nitrogen and oxygen atoms in total. The summed E-state index contributed by atoms with van der Waals surface area (Å²) in [4.78, 5) is 19.3. The number of nitrogens with zero attached hydrogens (tertiary/aromatic N) is 3. The summed E-state index contributed by atoms with van der Waals surface area (Å²) in [5, 5.41) is 22.5. The number of phenols is 1. The maximum absolute atomic E-state index is 11.3. The minimum absolute atomic E-state index is 0.310. The van der Waals surface area contributed by atoms with Crippen LogP contribution in [-0.4, -0.2) is 21.2 Å². The van der Waals surface area contributed by atoms with Gasteiger partial charge in [-0.2, -0.15) is 0 Å². The van der Waals surface area contributed by atoms with Gasteiger partial charge < -0.3 is 9.52 Å². The maximum atomic E-state index is 11.3. The van der Waals surface area contributed by atoms with Crippen molar-refractivity contribution >= 4 is 28.7 Å². The van der Waals surface area contributed by atoms with E-state index in [1.54, 1.807) is 6.07 Å². The number of aromatic hydroxyl groups is 1. The number of fused-ring (bicyclic) bond motifs is 3. The third-order valence-electron chi connectivity index (χ3n) is 4.63. The summed E-state index contributed by atoms with van der Waals surface area (Å²) in [6.45, 7) is 1.86. The standard InChI is InChI=1S/C19H17N3O4/c1-11-5-4-8-17(21-11)20-10-13-18-12-6-2-3-7-15(12)26-16(18)9-14(19(13)23)22(24)25/h4-5,8-10,23H,2-3,6-7H2,1H3/b20-10+. The number of nitro groups is 1. The van der Waals surface area contributed by atoms with E-state index in [0.717, 1.165) is 42.7 Å². The van der Waals surface area contributed by atoms with E-state index >= 15 is 0 Å². The Morgan fingerprint density at radius 1 is 1.35 bits per heavy atom. The number of rotatable bonds is 3. The van der Waals surface area contributed by atoms with Gasteiger partial charge in [0.05, 0.1) is 16.6 Å². The van der Waals surface area contributed by atoms with E-state index in [9.17, 15) is 15.2 Å². The van der Waals surface area contributed by atoms with E-state index in [4.69, 9.17) is 4.42 Å². The molecule has 7 heteroatoms. The van der Waals surface area contributed by atoms with Crippen LogP contribution in [0.4, 0.5) is 11.5 Å². The van der Waals surface area contributed by atoms with Crippen LogP contribution >= 0.6 is 0 Å². The summed E-state index contributed by atoms with van der Waals surface area (Å²) in [6, 6.07) is 6.72. The van der Waals surface area contributed by atoms with Gasteiger partial charge >= 0.3 is 5.69 Å². The minimum atomic E-state index is -0.613. The first-order valence-corrected chi connectivity index (χ1v) is 8.47. The topological polar surface area (TPSA) is 102 Å². The van der Waals surface area contributed by atoms with Crippen molar-refractivity contribution in [2.75, 3.05) is 0 Å². The first-order valence-electron chi connectivity index (χ1n) is 8.47. The number of phenolic OH excluding ortho intramolecular Hbond substituents is 1. The van der Waals surface area contributed by atoms with E-state index in [-0.39, 0.29) is 5.69 Å². The third-order valence-corrected chi connectivity index (χ3v) is 4.63. The Labute approximate surface area is 149 Å². The van der Waals surface area contributed by atoms with Crippen LogP contribution in [0.25, 0.3) is 11.0 Å². The fourth-order valence-corrected chi connectivity index (χ4v) is 3.43. The monoisotopic (exact) mass is 351 g/mol. The summed E-state index contributed by atoms with van der Waals surface area (Å²) < 4.78 is 5.86. The molecule has 0 atom stereocenters. The molecule has 4 rings (SSSR count). The highest BCUT2D eigenvalue weighted by Crippen LogP contribution is 2.41. The van der Waals surface area contributed by atoms with Crippen molar-refractivity contribution < 1.29 is 14.4 Å². The van der Waals surface area contributed by atoms with Gasteiger partial charge in [0.25, 0.3) is 0 Å². The van der Waals surface area contributed by atoms with Crippen molar-refractivity contribution in [3.63, 3.8) is 0 Å². The number of aromatic nitrogens is 1. The summed E-state index contributed by atoms with van der Waals surface area (Å²) in [7, 11) is 0. The average Bonchev–Trinajstić information content (AvgIpc) is 2.99. The zero-order valence-corrected chi connectivity index (χ0v) is 14.2. The molecule has 1 aliphatic rings. The van der Waals surface area contributed by atoms with Crippen LogP contribution in [0.2, 0.25) is 0 Å². The molecule has 1 aromatic carbocycles. The quantitative estimate of drug-likeness (QED) is 0.428. The van der Waals surface area contributed by atoms with E-state index in [1.807, 2.05) is 19.1 Å². The third kappa shape index (κ3) is 2.71. The number of benzene rings is 1. The molecule has 2 heterocycles. The van der Waals surface area contributed by atoms with Crippen LogP contribution in [0.1, 0.15) is 35.4 Å². The van der Waals surface area contributed by atoms with Gasteiger partial charge in [-0.25, -0.2) is 9.98 Å². The Morgan fingerprint density at radius 2 is 2.15 bits per heavy atom. The highest BCUT2D eigenvalue weighted by molar-refractivity contribution is 6.05. The van der Waals surface area contributed by atoms with Gasteiger partial charge in [0.2, 0.25) is 5.75 Å². The van der Waals surface area contributed by atoms with Crippen molar-refractivity contribution in [3.8, 4) is 5.75 Å². The Balaban J connectivity index is 1.94. The maximum Gasteiger partial charge on any atom is 0.315 e. The lowest BCUT2D eigenvalue weighted by atomic mass is 9.93. The molecule has 132 valence electrons. The number of aliphatic imine (C=N–C) groups is 1. The van der Waals surface area contributed by atoms with E-state index in [1.165, 1.54) is 12.3 Å². The van der Waals surface area contributed by atoms with Crippen molar-refractivity contribution in [1.29, 1.82) is 0 Å². The number of pyridine rings is 1. The van der Waals surface area contributed by atoms with Gasteiger partial charge in [-0.15, -0.1) is 0 Å². The molecule has 0 aliphatic heterocycles. The summed E-state index contributed by atoms with van der Waals surface area (Å²) in [5.41, 5.74) is 2.16. The molecule has 0 bridgehead atoms. The van der Waals surface area contributed by atoms with E-state index in [2.05, 4.69) is 9.98 Å². The molecule has 0 saturated heterocycles. The molecule has 3 aromatic rings. The lowest BCUT2D eigenvalue weighted by molar-refractivity contribution is -0.385. The molecule has 26 heavy (non-hydrogen) atoms. The Kier molecular flexibility index (Phi) is 3.91. The first kappa shape index (κ1) is 16.3. The summed E-state index contributed by atoms with van der Waals surface area (Å²) in [6.07, 6.45) is 5.11. The molecular weight excluding hydrogens is 334 g/mol. The van der Waals surface area contributed by atoms with Crippen molar-refractivity contribution in [3.05, 3.63) is 57.0 Å². The number of furan rings is 1. The molecule has 2 aromatic heterocycles. The largest absolute Gasteiger partial charge is 0.502 e. The van der Waals surface area contributed by atoms with Crippen LogP contribution < -0.4 is 0 Å². The lowest BCUT2D eigenvalue weighted by Crippen LogP contribution is -2.00. The molecule has 1 N–H and O–H groups in total. The molecule has 0 fully saturated rings. The smallest absolute Gasteiger partial charge is 0.315 e. The SMILES string of the molecule is Cc1cccc(/N=C/c2c(O)c([N+](=O)[O-])cc3oc4c(c23)CCCC4)n1. The molecule has 0 radical (unpaired) electrons. The van der Waals surface area contributed by atoms with Gasteiger partial charge in [-0.05, 0) is 38.3 Å². The predicted molar refractivity (Wildman–Crippen MR) is 97.4 cm³/mol. The van der Waals surface area contributed by atoms with Crippen molar-refractivity contribution in [1.82, 2.24) is 4.98 Å². The first-order chi connectivity index (χ1) is 12.5. The molecule has 0 saturated carbocycles. The molecule has 0 amide bonds. The Hall–Kier alpha value is -3.22. The average molecular weight is 351 g/mol. The van der Waals surface area contributed by atoms with Crippen LogP contribution in [0.3, 0.4) is 0 Å². The van der Waals surface area contributed by atoms with Crippen LogP contribution in [0.5, 0.6) is 5.75 Å². The highest BCUT2D eigenvalue weighted by atomic mass is 16.6. The zero-order valence-electron chi connectivity index (χ0n) is 14.2. The second-order valence-electron chi connectivity index (χ2n) is 6.39. The number of nitro benzene ring substituents is 1. The number of hydrogen-bond donors (Lipinski definition) is 1. The molecule has 1 aliphatic carbocycles. The molecular formula is C19H17N3O4. The van der Waals surface area contributed by atoms with Crippen molar-refractivity contribution in [2.45, 2.75) is 32.6 Å². The van der Waals surface area contributed by atoms with Crippen molar-refractivity contribution in [2.24, 2.45) is 4.99 Å². The van der Waals surface area contributed by atoms with E-state index in [0.29, 0.717) is 22.4 Å². The highest BCUT2D eigenvalue weighted by Gasteiger charge is 2.27. The van der Waals surface area contributed by atoms with Gasteiger partial charge in [0, 0.05) is 29.3 Å². The van der Waals surface area contributed by atoms with Gasteiger partial charge in [0.1, 0.15) is 11.3 Å². The molecule has 0 spiro atoms. The minimum Gasteiger partial charge on any atom is -0.502 e. The zero-order chi connectivity index (χ0) is 18.3. The predicted octanol–water partition coefficient (Wildman–Crippen LogP) is 4.38. The normalized spacial score (nSPS) is 14.0. The van der Waals surface area contributed by atoms with Gasteiger partial charge in [-0.1, -0.05) is 6.07 Å². The van der Waals surface area contributed by atoms with Crippen LogP contribution in [0, 0.1) is 17.0 Å². The van der Waals surface area contributed by atoms with Crippen LogP contribution in [0.15, 0.2) is 33.7 Å². The number of hydrogen-bond acceptors (Lipinski definition) is 6. The summed E-state index contributed by atoms with van der Waals surface area (Å²) in [5.74, 6) is 0.920. The number of aryl methyl sites for hydroxylation is 3.